The Labute approximate surface area is 205 Å². The molecule has 0 saturated heterocycles. The highest BCUT2D eigenvalue weighted by atomic mass is 32.2. The van der Waals surface area contributed by atoms with Crippen LogP contribution in [0.1, 0.15) is 49.9 Å². The highest BCUT2D eigenvalue weighted by Gasteiger charge is 2.24. The summed E-state index contributed by atoms with van der Waals surface area (Å²) in [6.07, 6.45) is 5.41. The van der Waals surface area contributed by atoms with Crippen LogP contribution in [0.5, 0.6) is 0 Å². The number of amides is 1. The lowest BCUT2D eigenvalue weighted by Crippen LogP contribution is -2.33. The van der Waals surface area contributed by atoms with Crippen molar-refractivity contribution in [3.05, 3.63) is 54.1 Å². The minimum atomic E-state index is -3.62. The third kappa shape index (κ3) is 6.46. The summed E-state index contributed by atoms with van der Waals surface area (Å²) >= 11 is 1.60. The van der Waals surface area contributed by atoms with Crippen LogP contribution < -0.4 is 5.32 Å². The van der Waals surface area contributed by atoms with Gasteiger partial charge in [-0.25, -0.2) is 8.42 Å². The molecule has 0 spiro atoms. The lowest BCUT2D eigenvalue weighted by atomic mass is 10.2. The van der Waals surface area contributed by atoms with E-state index in [1.165, 1.54) is 28.6 Å². The molecule has 1 aromatic heterocycles. The van der Waals surface area contributed by atoms with Crippen molar-refractivity contribution in [3.8, 4) is 11.5 Å². The summed E-state index contributed by atoms with van der Waals surface area (Å²) < 4.78 is 33.3. The SMILES string of the molecule is CCCCN(CCCC)S(=O)(=O)c1ccc(C(=O)Nc2nnc(-c3cccc(SC)c3)o2)cc1. The third-order valence-corrected chi connectivity index (χ3v) is 7.88. The van der Waals surface area contributed by atoms with Gasteiger partial charge in [0.05, 0.1) is 4.90 Å². The minimum Gasteiger partial charge on any atom is -0.403 e. The second kappa shape index (κ2) is 12.1. The van der Waals surface area contributed by atoms with Gasteiger partial charge in [0.25, 0.3) is 5.91 Å². The molecule has 0 saturated carbocycles. The molecule has 0 aliphatic heterocycles. The Kier molecular flexibility index (Phi) is 9.26. The second-order valence-electron chi connectivity index (χ2n) is 7.73. The Bertz CT molecular complexity index is 1190. The summed E-state index contributed by atoms with van der Waals surface area (Å²) in [7, 11) is -3.62. The molecule has 1 amide bonds. The molecule has 2 aromatic carbocycles. The molecule has 34 heavy (non-hydrogen) atoms. The first kappa shape index (κ1) is 25.9. The number of carbonyl (C=O) groups is 1. The van der Waals surface area contributed by atoms with E-state index in [0.717, 1.165) is 36.1 Å². The topological polar surface area (TPSA) is 105 Å². The molecule has 1 heterocycles. The van der Waals surface area contributed by atoms with Crippen LogP contribution in [0.25, 0.3) is 11.5 Å². The van der Waals surface area contributed by atoms with E-state index in [1.54, 1.807) is 11.8 Å². The number of nitrogens with one attached hydrogen (secondary N) is 1. The van der Waals surface area contributed by atoms with Crippen molar-refractivity contribution in [2.45, 2.75) is 49.3 Å². The number of nitrogens with zero attached hydrogens (tertiary/aromatic N) is 3. The van der Waals surface area contributed by atoms with Gasteiger partial charge in [0, 0.05) is 29.1 Å². The maximum absolute atomic E-state index is 13.1. The van der Waals surface area contributed by atoms with Crippen molar-refractivity contribution in [1.82, 2.24) is 14.5 Å². The molecule has 0 fully saturated rings. The number of thioether (sulfide) groups is 1. The average molecular weight is 503 g/mol. The summed E-state index contributed by atoms with van der Waals surface area (Å²) in [6.45, 7) is 5.04. The first-order valence-corrected chi connectivity index (χ1v) is 13.9. The van der Waals surface area contributed by atoms with Gasteiger partial charge < -0.3 is 4.42 Å². The predicted molar refractivity (Wildman–Crippen MR) is 134 cm³/mol. The van der Waals surface area contributed by atoms with Crippen molar-refractivity contribution in [2.24, 2.45) is 0 Å². The Morgan fingerprint density at radius 1 is 1.03 bits per heavy atom. The van der Waals surface area contributed by atoms with E-state index >= 15 is 0 Å². The van der Waals surface area contributed by atoms with Crippen molar-refractivity contribution >= 4 is 33.7 Å². The lowest BCUT2D eigenvalue weighted by molar-refractivity contribution is 0.102. The molecule has 0 aliphatic carbocycles. The maximum Gasteiger partial charge on any atom is 0.322 e. The van der Waals surface area contributed by atoms with Gasteiger partial charge >= 0.3 is 6.01 Å². The van der Waals surface area contributed by atoms with Crippen LogP contribution in [0.4, 0.5) is 6.01 Å². The molecule has 0 bridgehead atoms. The van der Waals surface area contributed by atoms with Gasteiger partial charge in [0.2, 0.25) is 15.9 Å². The van der Waals surface area contributed by atoms with Gasteiger partial charge in [0.1, 0.15) is 0 Å². The predicted octanol–water partition coefficient (Wildman–Crippen LogP) is 5.30. The molecule has 0 atom stereocenters. The summed E-state index contributed by atoms with van der Waals surface area (Å²) in [6, 6.07) is 13.5. The number of unbranched alkanes of at least 4 members (excludes halogenated alkanes) is 2. The fourth-order valence-corrected chi connectivity index (χ4v) is 5.24. The zero-order valence-corrected chi connectivity index (χ0v) is 21.3. The highest BCUT2D eigenvalue weighted by Crippen LogP contribution is 2.25. The fraction of sp³-hybridized carbons (Fsp3) is 0.375. The van der Waals surface area contributed by atoms with Crippen molar-refractivity contribution in [3.63, 3.8) is 0 Å². The number of anilines is 1. The van der Waals surface area contributed by atoms with Crippen LogP contribution in [0.3, 0.4) is 0 Å². The Morgan fingerprint density at radius 3 is 2.32 bits per heavy atom. The largest absolute Gasteiger partial charge is 0.403 e. The number of aromatic nitrogens is 2. The van der Waals surface area contributed by atoms with Gasteiger partial charge in [0.15, 0.2) is 0 Å². The van der Waals surface area contributed by atoms with E-state index < -0.39 is 15.9 Å². The van der Waals surface area contributed by atoms with Crippen LogP contribution in [-0.4, -0.2) is 48.2 Å². The fourth-order valence-electron chi connectivity index (χ4n) is 3.26. The van der Waals surface area contributed by atoms with E-state index in [2.05, 4.69) is 15.5 Å². The van der Waals surface area contributed by atoms with Crippen molar-refractivity contribution in [1.29, 1.82) is 0 Å². The first-order chi connectivity index (χ1) is 16.4. The molecule has 1 N–H and O–H groups in total. The highest BCUT2D eigenvalue weighted by molar-refractivity contribution is 7.98. The van der Waals surface area contributed by atoms with Crippen molar-refractivity contribution < 1.29 is 17.6 Å². The number of sulfonamides is 1. The summed E-state index contributed by atoms with van der Waals surface area (Å²) in [5.74, 6) is -0.169. The Hall–Kier alpha value is -2.69. The van der Waals surface area contributed by atoms with E-state index in [-0.39, 0.29) is 16.5 Å². The number of hydrogen-bond donors (Lipinski definition) is 1. The number of hydrogen-bond acceptors (Lipinski definition) is 7. The molecule has 3 rings (SSSR count). The van der Waals surface area contributed by atoms with Crippen LogP contribution in [0, 0.1) is 0 Å². The van der Waals surface area contributed by atoms with Gasteiger partial charge in [-0.15, -0.1) is 16.9 Å². The van der Waals surface area contributed by atoms with Crippen LogP contribution >= 0.6 is 11.8 Å². The molecule has 0 aliphatic rings. The molecule has 8 nitrogen and oxygen atoms in total. The average Bonchev–Trinajstić information content (AvgIpc) is 3.32. The number of benzene rings is 2. The lowest BCUT2D eigenvalue weighted by Gasteiger charge is -2.22. The zero-order chi connectivity index (χ0) is 24.6. The monoisotopic (exact) mass is 502 g/mol. The number of rotatable bonds is 12. The smallest absolute Gasteiger partial charge is 0.322 e. The van der Waals surface area contributed by atoms with Gasteiger partial charge in [-0.1, -0.05) is 37.9 Å². The molecular weight excluding hydrogens is 472 g/mol. The van der Waals surface area contributed by atoms with E-state index in [0.29, 0.717) is 19.0 Å². The third-order valence-electron chi connectivity index (χ3n) is 5.24. The quantitative estimate of drug-likeness (QED) is 0.335. The van der Waals surface area contributed by atoms with Crippen molar-refractivity contribution in [2.75, 3.05) is 24.7 Å². The standard InChI is InChI=1S/C24H30N4O4S2/c1-4-6-15-28(16-7-5-2)34(30,31)21-13-11-18(12-14-21)22(29)25-24-27-26-23(32-24)19-9-8-10-20(17-19)33-3/h8-14,17H,4-7,15-16H2,1-3H3,(H,25,27,29). The maximum atomic E-state index is 13.1. The molecular formula is C24H30N4O4S2. The first-order valence-electron chi connectivity index (χ1n) is 11.3. The minimum absolute atomic E-state index is 0.0310. The van der Waals surface area contributed by atoms with E-state index in [1.807, 2.05) is 44.4 Å². The van der Waals surface area contributed by atoms with Crippen LogP contribution in [0.2, 0.25) is 0 Å². The van der Waals surface area contributed by atoms with Gasteiger partial charge in [-0.2, -0.15) is 4.31 Å². The second-order valence-corrected chi connectivity index (χ2v) is 10.6. The van der Waals surface area contributed by atoms with Gasteiger partial charge in [-0.3, -0.25) is 10.1 Å². The molecule has 0 radical (unpaired) electrons. The summed E-state index contributed by atoms with van der Waals surface area (Å²) in [4.78, 5) is 13.9. The molecule has 3 aromatic rings. The Morgan fingerprint density at radius 2 is 1.71 bits per heavy atom. The molecule has 10 heteroatoms. The summed E-state index contributed by atoms with van der Waals surface area (Å²) in [5, 5.41) is 10.5. The molecule has 182 valence electrons. The summed E-state index contributed by atoms with van der Waals surface area (Å²) in [5.41, 5.74) is 1.04. The van der Waals surface area contributed by atoms with Crippen LogP contribution in [0.15, 0.2) is 62.7 Å². The molecule has 0 unspecified atom stereocenters. The van der Waals surface area contributed by atoms with E-state index in [9.17, 15) is 13.2 Å². The van der Waals surface area contributed by atoms with Gasteiger partial charge in [-0.05, 0) is 61.6 Å². The number of carbonyl (C=O) groups excluding carboxylic acids is 1. The van der Waals surface area contributed by atoms with E-state index in [4.69, 9.17) is 4.42 Å². The normalized spacial score (nSPS) is 11.6. The van der Waals surface area contributed by atoms with Crippen LogP contribution in [-0.2, 0) is 10.0 Å². The zero-order valence-electron chi connectivity index (χ0n) is 19.7. The Balaban J connectivity index is 1.70.